The van der Waals surface area contributed by atoms with Gasteiger partial charge < -0.3 is 10.2 Å². The number of para-hydroxylation sites is 1. The van der Waals surface area contributed by atoms with Crippen LogP contribution in [0.25, 0.3) is 0 Å². The maximum atomic E-state index is 12.4. The van der Waals surface area contributed by atoms with Gasteiger partial charge in [-0.2, -0.15) is 0 Å². The molecule has 7 nitrogen and oxygen atoms in total. The van der Waals surface area contributed by atoms with Crippen molar-refractivity contribution in [3.63, 3.8) is 0 Å². The summed E-state index contributed by atoms with van der Waals surface area (Å²) in [6, 6.07) is 13.2. The fourth-order valence-electron chi connectivity index (χ4n) is 3.71. The lowest BCUT2D eigenvalue weighted by atomic mass is 10.0. The predicted molar refractivity (Wildman–Crippen MR) is 106 cm³/mol. The van der Waals surface area contributed by atoms with Crippen LogP contribution in [0.1, 0.15) is 34.3 Å². The number of carbonyl (C=O) groups is 3. The fourth-order valence-corrected chi connectivity index (χ4v) is 3.71. The van der Waals surface area contributed by atoms with Gasteiger partial charge in [0.25, 0.3) is 11.8 Å². The van der Waals surface area contributed by atoms with Crippen LogP contribution in [0.15, 0.2) is 42.5 Å². The molecule has 0 atom stereocenters. The lowest BCUT2D eigenvalue weighted by Gasteiger charge is -2.30. The second-order valence-electron chi connectivity index (χ2n) is 7.08. The number of hydrazine groups is 1. The van der Waals surface area contributed by atoms with Gasteiger partial charge in [0.2, 0.25) is 5.91 Å². The fraction of sp³-hybridized carbons (Fsp3) is 0.286. The van der Waals surface area contributed by atoms with Gasteiger partial charge in [-0.3, -0.25) is 25.2 Å². The molecular formula is C21H22N4O3. The molecule has 4 rings (SSSR count). The third-order valence-corrected chi connectivity index (χ3v) is 5.12. The van der Waals surface area contributed by atoms with Crippen LogP contribution in [-0.2, 0) is 22.4 Å². The molecule has 3 N–H and O–H groups in total. The van der Waals surface area contributed by atoms with Gasteiger partial charge in [-0.15, -0.1) is 0 Å². The molecular weight excluding hydrogens is 356 g/mol. The second-order valence-corrected chi connectivity index (χ2v) is 7.08. The van der Waals surface area contributed by atoms with E-state index in [0.29, 0.717) is 18.4 Å². The maximum absolute atomic E-state index is 12.4. The summed E-state index contributed by atoms with van der Waals surface area (Å²) in [6.07, 6.45) is 3.03. The molecule has 2 aromatic carbocycles. The molecule has 28 heavy (non-hydrogen) atoms. The first-order chi connectivity index (χ1) is 13.6. The molecule has 3 amide bonds. The maximum Gasteiger partial charge on any atom is 0.269 e. The van der Waals surface area contributed by atoms with E-state index in [1.165, 1.54) is 5.56 Å². The van der Waals surface area contributed by atoms with Gasteiger partial charge in [-0.1, -0.05) is 18.2 Å². The molecule has 2 heterocycles. The van der Waals surface area contributed by atoms with Crippen molar-refractivity contribution in [3.05, 3.63) is 59.2 Å². The monoisotopic (exact) mass is 378 g/mol. The molecule has 7 heteroatoms. The minimum Gasteiger partial charge on any atom is -0.362 e. The third kappa shape index (κ3) is 3.83. The van der Waals surface area contributed by atoms with E-state index in [1.54, 1.807) is 18.2 Å². The second kappa shape index (κ2) is 7.72. The van der Waals surface area contributed by atoms with Crippen LogP contribution < -0.4 is 21.1 Å². The Morgan fingerprint density at radius 1 is 1.00 bits per heavy atom. The zero-order valence-electron chi connectivity index (χ0n) is 15.5. The van der Waals surface area contributed by atoms with E-state index in [-0.39, 0.29) is 24.3 Å². The lowest BCUT2D eigenvalue weighted by Crippen LogP contribution is -2.47. The minimum absolute atomic E-state index is 0.0174. The van der Waals surface area contributed by atoms with Crippen molar-refractivity contribution in [1.29, 1.82) is 0 Å². The largest absolute Gasteiger partial charge is 0.362 e. The zero-order chi connectivity index (χ0) is 19.5. The predicted octanol–water partition coefficient (Wildman–Crippen LogP) is 1.79. The summed E-state index contributed by atoms with van der Waals surface area (Å²) in [5.41, 5.74) is 9.39. The summed E-state index contributed by atoms with van der Waals surface area (Å²) < 4.78 is 0. The number of benzene rings is 2. The van der Waals surface area contributed by atoms with Crippen molar-refractivity contribution in [1.82, 2.24) is 10.9 Å². The van der Waals surface area contributed by atoms with Crippen molar-refractivity contribution >= 4 is 29.1 Å². The average Bonchev–Trinajstić information content (AvgIpc) is 2.72. The Kier molecular flexibility index (Phi) is 4.97. The number of anilines is 2. The summed E-state index contributed by atoms with van der Waals surface area (Å²) in [5, 5.41) is 2.78. The first-order valence-electron chi connectivity index (χ1n) is 9.45. The van der Waals surface area contributed by atoms with Gasteiger partial charge in [0.05, 0.1) is 6.54 Å². The molecule has 0 fully saturated rings. The highest BCUT2D eigenvalue weighted by atomic mass is 16.2. The summed E-state index contributed by atoms with van der Waals surface area (Å²) in [5.74, 6) is -0.668. The SMILES string of the molecule is O=C(CN1CCCc2ccccc21)NNC(=O)c1ccc2c(c1)CCC(=O)N2. The highest BCUT2D eigenvalue weighted by Crippen LogP contribution is 2.26. The van der Waals surface area contributed by atoms with Crippen LogP contribution in [0.3, 0.4) is 0 Å². The van der Waals surface area contributed by atoms with E-state index in [2.05, 4.69) is 22.2 Å². The first kappa shape index (κ1) is 18.0. The van der Waals surface area contributed by atoms with Gasteiger partial charge in [0.1, 0.15) is 0 Å². The number of nitrogens with one attached hydrogen (secondary N) is 3. The summed E-state index contributed by atoms with van der Waals surface area (Å²) in [4.78, 5) is 38.1. The molecule has 0 aliphatic carbocycles. The Morgan fingerprint density at radius 3 is 2.75 bits per heavy atom. The highest BCUT2D eigenvalue weighted by Gasteiger charge is 2.20. The van der Waals surface area contributed by atoms with E-state index >= 15 is 0 Å². The Morgan fingerprint density at radius 2 is 1.86 bits per heavy atom. The smallest absolute Gasteiger partial charge is 0.269 e. The van der Waals surface area contributed by atoms with Crippen molar-refractivity contribution in [3.8, 4) is 0 Å². The molecule has 0 radical (unpaired) electrons. The molecule has 0 spiro atoms. The van der Waals surface area contributed by atoms with Crippen LogP contribution >= 0.6 is 0 Å². The molecule has 0 aromatic heterocycles. The molecule has 0 saturated carbocycles. The molecule has 144 valence electrons. The van der Waals surface area contributed by atoms with E-state index in [9.17, 15) is 14.4 Å². The van der Waals surface area contributed by atoms with Crippen molar-refractivity contribution in [2.45, 2.75) is 25.7 Å². The molecule has 2 aromatic rings. The number of hydrogen-bond donors (Lipinski definition) is 3. The van der Waals surface area contributed by atoms with Crippen LogP contribution in [0.4, 0.5) is 11.4 Å². The van der Waals surface area contributed by atoms with Gasteiger partial charge >= 0.3 is 0 Å². The summed E-state index contributed by atoms with van der Waals surface area (Å²) >= 11 is 0. The van der Waals surface area contributed by atoms with Gasteiger partial charge in [-0.05, 0) is 54.7 Å². The van der Waals surface area contributed by atoms with Crippen LogP contribution in [0, 0.1) is 0 Å². The Hall–Kier alpha value is -3.35. The van der Waals surface area contributed by atoms with Gasteiger partial charge in [-0.25, -0.2) is 0 Å². The van der Waals surface area contributed by atoms with Crippen LogP contribution in [0.5, 0.6) is 0 Å². The number of amides is 3. The van der Waals surface area contributed by atoms with E-state index in [1.807, 2.05) is 23.1 Å². The number of rotatable bonds is 3. The summed E-state index contributed by atoms with van der Waals surface area (Å²) in [6.45, 7) is 1.00. The van der Waals surface area contributed by atoms with Gasteiger partial charge in [0, 0.05) is 29.9 Å². The van der Waals surface area contributed by atoms with E-state index < -0.39 is 0 Å². The normalized spacial score (nSPS) is 15.1. The Bertz CT molecular complexity index is 941. The quantitative estimate of drug-likeness (QED) is 0.710. The Labute approximate surface area is 163 Å². The van der Waals surface area contributed by atoms with E-state index in [4.69, 9.17) is 0 Å². The number of nitrogens with zero attached hydrogens (tertiary/aromatic N) is 1. The first-order valence-corrected chi connectivity index (χ1v) is 9.45. The number of hydrogen-bond acceptors (Lipinski definition) is 4. The molecule has 2 aliphatic heterocycles. The number of carbonyl (C=O) groups excluding carboxylic acids is 3. The minimum atomic E-state index is -0.382. The average molecular weight is 378 g/mol. The number of aryl methyl sites for hydroxylation is 2. The molecule has 2 aliphatic rings. The molecule has 0 saturated heterocycles. The van der Waals surface area contributed by atoms with Crippen molar-refractivity contribution in [2.75, 3.05) is 23.3 Å². The van der Waals surface area contributed by atoms with Gasteiger partial charge in [0.15, 0.2) is 0 Å². The van der Waals surface area contributed by atoms with Crippen molar-refractivity contribution < 1.29 is 14.4 Å². The highest BCUT2D eigenvalue weighted by molar-refractivity contribution is 5.98. The topological polar surface area (TPSA) is 90.5 Å². The standard InChI is InChI=1S/C21H22N4O3/c26-19-10-8-15-12-16(7-9-17(15)22-19)21(28)24-23-20(27)13-25-11-3-5-14-4-1-2-6-18(14)25/h1-2,4,6-7,9,12H,3,5,8,10-11,13H2,(H,22,26)(H,23,27)(H,24,28). The third-order valence-electron chi connectivity index (χ3n) is 5.12. The zero-order valence-corrected chi connectivity index (χ0v) is 15.5. The van der Waals surface area contributed by atoms with E-state index in [0.717, 1.165) is 36.3 Å². The Balaban J connectivity index is 1.34. The molecule has 0 unspecified atom stereocenters. The lowest BCUT2D eigenvalue weighted by molar-refractivity contribution is -0.120. The van der Waals surface area contributed by atoms with Crippen LogP contribution in [-0.4, -0.2) is 30.8 Å². The number of fused-ring (bicyclic) bond motifs is 2. The van der Waals surface area contributed by atoms with Crippen molar-refractivity contribution in [2.24, 2.45) is 0 Å². The van der Waals surface area contributed by atoms with Crippen LogP contribution in [0.2, 0.25) is 0 Å². The summed E-state index contributed by atoms with van der Waals surface area (Å²) in [7, 11) is 0. The molecule has 0 bridgehead atoms.